The van der Waals surface area contributed by atoms with Crippen LogP contribution in [0.2, 0.25) is 0 Å². The van der Waals surface area contributed by atoms with E-state index in [9.17, 15) is 4.79 Å². The van der Waals surface area contributed by atoms with Crippen molar-refractivity contribution in [2.24, 2.45) is 0 Å². The number of hydrogen-bond donors (Lipinski definition) is 1. The minimum absolute atomic E-state index is 0.0688. The summed E-state index contributed by atoms with van der Waals surface area (Å²) in [5, 5.41) is 4.07. The van der Waals surface area contributed by atoms with Gasteiger partial charge in [-0.3, -0.25) is 10.1 Å². The first kappa shape index (κ1) is 13.0. The van der Waals surface area contributed by atoms with E-state index in [4.69, 9.17) is 0 Å². The zero-order valence-corrected chi connectivity index (χ0v) is 12.0. The molecular formula is C15H20N2OS. The van der Waals surface area contributed by atoms with Crippen LogP contribution in [-0.2, 0) is 4.79 Å². The second-order valence-corrected chi connectivity index (χ2v) is 6.46. The molecule has 0 radical (unpaired) electrons. The minimum atomic E-state index is 0.0688. The number of benzene rings is 1. The molecule has 1 amide bonds. The summed E-state index contributed by atoms with van der Waals surface area (Å²) in [4.78, 5) is 14.3. The van der Waals surface area contributed by atoms with E-state index >= 15 is 0 Å². The van der Waals surface area contributed by atoms with Gasteiger partial charge in [0.15, 0.2) is 0 Å². The molecule has 3 nitrogen and oxygen atoms in total. The number of amides is 1. The van der Waals surface area contributed by atoms with E-state index < -0.39 is 0 Å². The molecule has 1 heterocycles. The summed E-state index contributed by atoms with van der Waals surface area (Å²) in [5.74, 6) is 0.251. The first-order valence-corrected chi connectivity index (χ1v) is 8.20. The standard InChI is InChI=1S/C15H20N2OS/c1-19-13-8-7-12(9-13)17-14(18)10-16-15(17)11-5-3-2-4-6-11/h2-6,12-13,15-16H,7-10H2,1H3. The number of nitrogens with zero attached hydrogens (tertiary/aromatic N) is 1. The highest BCUT2D eigenvalue weighted by Gasteiger charge is 2.39. The Bertz CT molecular complexity index is 451. The maximum Gasteiger partial charge on any atom is 0.238 e. The van der Waals surface area contributed by atoms with Crippen molar-refractivity contribution in [3.05, 3.63) is 35.9 Å². The van der Waals surface area contributed by atoms with Crippen LogP contribution in [-0.4, -0.2) is 34.9 Å². The lowest BCUT2D eigenvalue weighted by molar-refractivity contribution is -0.130. The van der Waals surface area contributed by atoms with E-state index in [1.54, 1.807) is 0 Å². The van der Waals surface area contributed by atoms with Gasteiger partial charge in [0.1, 0.15) is 6.17 Å². The van der Waals surface area contributed by atoms with Crippen LogP contribution in [0, 0.1) is 0 Å². The predicted molar refractivity (Wildman–Crippen MR) is 79.0 cm³/mol. The summed E-state index contributed by atoms with van der Waals surface area (Å²) < 4.78 is 0. The number of thioether (sulfide) groups is 1. The van der Waals surface area contributed by atoms with Crippen molar-refractivity contribution in [3.63, 3.8) is 0 Å². The van der Waals surface area contributed by atoms with Crippen LogP contribution >= 0.6 is 11.8 Å². The summed E-state index contributed by atoms with van der Waals surface area (Å²) in [6.45, 7) is 0.472. The molecule has 4 heteroatoms. The second-order valence-electron chi connectivity index (χ2n) is 5.32. The number of hydrogen-bond acceptors (Lipinski definition) is 3. The number of carbonyl (C=O) groups excluding carboxylic acids is 1. The first-order chi connectivity index (χ1) is 9.29. The van der Waals surface area contributed by atoms with Crippen molar-refractivity contribution in [3.8, 4) is 0 Å². The van der Waals surface area contributed by atoms with Crippen molar-refractivity contribution in [1.82, 2.24) is 10.2 Å². The highest BCUT2D eigenvalue weighted by molar-refractivity contribution is 7.99. The second kappa shape index (κ2) is 5.55. The van der Waals surface area contributed by atoms with E-state index in [-0.39, 0.29) is 12.1 Å². The van der Waals surface area contributed by atoms with Gasteiger partial charge in [-0.15, -0.1) is 0 Å². The Hall–Kier alpha value is -1.00. The molecule has 1 aromatic carbocycles. The average molecular weight is 276 g/mol. The topological polar surface area (TPSA) is 32.3 Å². The third-order valence-corrected chi connectivity index (χ3v) is 5.31. The van der Waals surface area contributed by atoms with Crippen LogP contribution in [0.25, 0.3) is 0 Å². The zero-order chi connectivity index (χ0) is 13.2. The van der Waals surface area contributed by atoms with E-state index in [2.05, 4.69) is 28.6 Å². The van der Waals surface area contributed by atoms with Crippen LogP contribution in [0.5, 0.6) is 0 Å². The lowest BCUT2D eigenvalue weighted by Gasteiger charge is -2.30. The molecule has 1 saturated carbocycles. The van der Waals surface area contributed by atoms with Gasteiger partial charge in [0, 0.05) is 11.3 Å². The van der Waals surface area contributed by atoms with Crippen molar-refractivity contribution >= 4 is 17.7 Å². The van der Waals surface area contributed by atoms with Gasteiger partial charge in [-0.2, -0.15) is 11.8 Å². The van der Waals surface area contributed by atoms with E-state index in [1.807, 2.05) is 30.0 Å². The smallest absolute Gasteiger partial charge is 0.238 e. The van der Waals surface area contributed by atoms with Crippen LogP contribution in [0.1, 0.15) is 31.0 Å². The summed E-state index contributed by atoms with van der Waals surface area (Å²) >= 11 is 1.93. The number of nitrogens with one attached hydrogen (secondary N) is 1. The van der Waals surface area contributed by atoms with Gasteiger partial charge in [-0.1, -0.05) is 30.3 Å². The molecule has 1 aromatic rings. The maximum atomic E-state index is 12.2. The molecule has 19 heavy (non-hydrogen) atoms. The SMILES string of the molecule is CSC1CCC(N2C(=O)CNC2c2ccccc2)C1. The van der Waals surface area contributed by atoms with E-state index in [0.29, 0.717) is 12.6 Å². The molecule has 1 saturated heterocycles. The fourth-order valence-electron chi connectivity index (χ4n) is 3.23. The molecule has 3 unspecified atom stereocenters. The van der Waals surface area contributed by atoms with Gasteiger partial charge in [0.25, 0.3) is 0 Å². The molecule has 0 bridgehead atoms. The molecule has 2 fully saturated rings. The Kier molecular flexibility index (Phi) is 3.80. The molecule has 1 aliphatic carbocycles. The third-order valence-electron chi connectivity index (χ3n) is 4.21. The van der Waals surface area contributed by atoms with Crippen molar-refractivity contribution in [2.75, 3.05) is 12.8 Å². The lowest BCUT2D eigenvalue weighted by atomic mass is 10.1. The van der Waals surface area contributed by atoms with Crippen LogP contribution in [0.15, 0.2) is 30.3 Å². The summed E-state index contributed by atoms with van der Waals surface area (Å²) in [7, 11) is 0. The van der Waals surface area contributed by atoms with Crippen LogP contribution in [0.3, 0.4) is 0 Å². The summed E-state index contributed by atoms with van der Waals surface area (Å²) in [6.07, 6.45) is 5.75. The molecule has 102 valence electrons. The van der Waals surface area contributed by atoms with Gasteiger partial charge in [0.2, 0.25) is 5.91 Å². The molecular weight excluding hydrogens is 256 g/mol. The third kappa shape index (κ3) is 2.51. The van der Waals surface area contributed by atoms with Gasteiger partial charge in [-0.25, -0.2) is 0 Å². The lowest BCUT2D eigenvalue weighted by Crippen LogP contribution is -2.38. The van der Waals surface area contributed by atoms with Crippen molar-refractivity contribution in [1.29, 1.82) is 0 Å². The fourth-order valence-corrected chi connectivity index (χ4v) is 4.02. The minimum Gasteiger partial charge on any atom is -0.319 e. The monoisotopic (exact) mass is 276 g/mol. The molecule has 1 N–H and O–H groups in total. The fraction of sp³-hybridized carbons (Fsp3) is 0.533. The van der Waals surface area contributed by atoms with Crippen LogP contribution in [0.4, 0.5) is 0 Å². The maximum absolute atomic E-state index is 12.2. The van der Waals surface area contributed by atoms with Crippen LogP contribution < -0.4 is 5.32 Å². The Balaban J connectivity index is 1.80. The summed E-state index contributed by atoms with van der Waals surface area (Å²) in [6, 6.07) is 10.7. The molecule has 0 aromatic heterocycles. The van der Waals surface area contributed by atoms with Gasteiger partial charge < -0.3 is 4.90 Å². The van der Waals surface area contributed by atoms with Gasteiger partial charge in [0.05, 0.1) is 6.54 Å². The van der Waals surface area contributed by atoms with Crippen molar-refractivity contribution in [2.45, 2.75) is 36.7 Å². The van der Waals surface area contributed by atoms with Gasteiger partial charge >= 0.3 is 0 Å². The quantitative estimate of drug-likeness (QED) is 0.920. The summed E-state index contributed by atoms with van der Waals surface area (Å²) in [5.41, 5.74) is 1.20. The molecule has 3 rings (SSSR count). The molecule has 3 atom stereocenters. The van der Waals surface area contributed by atoms with Gasteiger partial charge in [-0.05, 0) is 31.1 Å². The average Bonchev–Trinajstić information content (AvgIpc) is 3.05. The van der Waals surface area contributed by atoms with E-state index in [0.717, 1.165) is 18.1 Å². The highest BCUT2D eigenvalue weighted by Crippen LogP contribution is 2.36. The first-order valence-electron chi connectivity index (χ1n) is 6.92. The number of rotatable bonds is 3. The Morgan fingerprint density at radius 2 is 2.05 bits per heavy atom. The number of carbonyl (C=O) groups is 1. The van der Waals surface area contributed by atoms with E-state index in [1.165, 1.54) is 12.0 Å². The molecule has 2 aliphatic rings. The Labute approximate surface area is 118 Å². The largest absolute Gasteiger partial charge is 0.319 e. The molecule has 1 aliphatic heterocycles. The Morgan fingerprint density at radius 3 is 2.74 bits per heavy atom. The normalized spacial score (nSPS) is 31.1. The highest BCUT2D eigenvalue weighted by atomic mass is 32.2. The zero-order valence-electron chi connectivity index (χ0n) is 11.2. The Morgan fingerprint density at radius 1 is 1.26 bits per heavy atom. The van der Waals surface area contributed by atoms with Crippen molar-refractivity contribution < 1.29 is 4.79 Å². The molecule has 0 spiro atoms. The predicted octanol–water partition coefficient (Wildman–Crippen LogP) is 2.40.